The van der Waals surface area contributed by atoms with Crippen molar-refractivity contribution in [1.82, 2.24) is 9.21 Å². The number of methoxy groups -OCH3 is 2. The van der Waals surface area contributed by atoms with Crippen molar-refractivity contribution in [2.75, 3.05) is 34.1 Å². The number of hydrogen-bond donors (Lipinski definition) is 0. The lowest BCUT2D eigenvalue weighted by molar-refractivity contribution is -0.146. The number of rotatable bonds is 5. The quantitative estimate of drug-likeness (QED) is 0.632. The van der Waals surface area contributed by atoms with E-state index in [1.54, 1.807) is 0 Å². The minimum absolute atomic E-state index is 0.0267. The predicted octanol–water partition coefficient (Wildman–Crippen LogP) is -0.210. The Morgan fingerprint density at radius 1 is 1.30 bits per heavy atom. The number of carbonyl (C=O) groups excluding carboxylic acids is 2. The average Bonchev–Trinajstić information content (AvgIpc) is 2.83. The van der Waals surface area contributed by atoms with Gasteiger partial charge in [0.05, 0.1) is 32.5 Å². The molecule has 0 spiro atoms. The average molecular weight is 347 g/mol. The van der Waals surface area contributed by atoms with E-state index in [0.29, 0.717) is 0 Å². The summed E-state index contributed by atoms with van der Waals surface area (Å²) in [4.78, 5) is 25.2. The first-order valence-electron chi connectivity index (χ1n) is 6.90. The van der Waals surface area contributed by atoms with E-state index in [-0.39, 0.29) is 18.6 Å². The summed E-state index contributed by atoms with van der Waals surface area (Å²) in [5, 5.41) is 8.92. The molecule has 1 rings (SSSR count). The van der Waals surface area contributed by atoms with Gasteiger partial charge in [0.2, 0.25) is 10.0 Å². The highest BCUT2D eigenvalue weighted by molar-refractivity contribution is 7.89. The lowest BCUT2D eigenvalue weighted by atomic mass is 10.0. The summed E-state index contributed by atoms with van der Waals surface area (Å²) in [5.41, 5.74) is 0. The minimum atomic E-state index is -3.59. The smallest absolute Gasteiger partial charge is 0.410 e. The molecule has 0 saturated carbocycles. The highest BCUT2D eigenvalue weighted by Gasteiger charge is 2.50. The van der Waals surface area contributed by atoms with Crippen LogP contribution in [-0.4, -0.2) is 75.8 Å². The van der Waals surface area contributed by atoms with Crippen LogP contribution in [-0.2, 0) is 24.3 Å². The molecule has 0 N–H and O–H groups in total. The topological polar surface area (TPSA) is 117 Å². The molecule has 1 heterocycles. The summed E-state index contributed by atoms with van der Waals surface area (Å²) in [6, 6.07) is 0.246. The SMILES string of the molecule is COC(=O)[C@H]1[C@@H](CS(=O)(=O)N(C)C)C[C@@H](CC#N)N1C(=O)OC. The van der Waals surface area contributed by atoms with Gasteiger partial charge in [-0.15, -0.1) is 0 Å². The molecule has 3 atom stereocenters. The summed E-state index contributed by atoms with van der Waals surface area (Å²) in [6.45, 7) is 0. The molecule has 0 aromatic heterocycles. The summed E-state index contributed by atoms with van der Waals surface area (Å²) >= 11 is 0. The van der Waals surface area contributed by atoms with Crippen molar-refractivity contribution in [3.8, 4) is 6.07 Å². The molecule has 0 aromatic rings. The van der Waals surface area contributed by atoms with E-state index in [1.807, 2.05) is 6.07 Å². The first-order valence-corrected chi connectivity index (χ1v) is 8.51. The summed E-state index contributed by atoms with van der Waals surface area (Å²) in [6.07, 6.45) is -0.609. The van der Waals surface area contributed by atoms with Gasteiger partial charge in [0.25, 0.3) is 0 Å². The van der Waals surface area contributed by atoms with E-state index in [1.165, 1.54) is 14.1 Å². The molecule has 1 aliphatic rings. The van der Waals surface area contributed by atoms with E-state index in [9.17, 15) is 18.0 Å². The Balaban J connectivity index is 3.21. The summed E-state index contributed by atoms with van der Waals surface area (Å²) in [5.74, 6) is -1.73. The highest BCUT2D eigenvalue weighted by atomic mass is 32.2. The third-order valence-corrected chi connectivity index (χ3v) is 5.81. The fraction of sp³-hybridized carbons (Fsp3) is 0.769. The van der Waals surface area contributed by atoms with Crippen molar-refractivity contribution >= 4 is 22.1 Å². The third kappa shape index (κ3) is 4.11. The number of sulfonamides is 1. The van der Waals surface area contributed by atoms with Gasteiger partial charge in [0, 0.05) is 26.1 Å². The Labute approximate surface area is 135 Å². The van der Waals surface area contributed by atoms with Crippen LogP contribution in [0.4, 0.5) is 4.79 Å². The summed E-state index contributed by atoms with van der Waals surface area (Å²) < 4.78 is 34.7. The van der Waals surface area contributed by atoms with Crippen molar-refractivity contribution in [1.29, 1.82) is 5.26 Å². The first-order chi connectivity index (χ1) is 10.7. The van der Waals surface area contributed by atoms with Crippen molar-refractivity contribution in [2.24, 2.45) is 5.92 Å². The zero-order valence-corrected chi connectivity index (χ0v) is 14.4. The maximum Gasteiger partial charge on any atom is 0.410 e. The van der Waals surface area contributed by atoms with Crippen LogP contribution in [0.2, 0.25) is 0 Å². The van der Waals surface area contributed by atoms with Gasteiger partial charge in [-0.2, -0.15) is 5.26 Å². The fourth-order valence-electron chi connectivity index (χ4n) is 2.71. The molecule has 0 aliphatic carbocycles. The summed E-state index contributed by atoms with van der Waals surface area (Å²) in [7, 11) is 1.51. The number of likely N-dealkylation sites (tertiary alicyclic amines) is 1. The van der Waals surface area contributed by atoms with Gasteiger partial charge >= 0.3 is 12.1 Å². The normalized spacial score (nSPS) is 24.3. The van der Waals surface area contributed by atoms with Crippen molar-refractivity contribution in [2.45, 2.75) is 24.9 Å². The van der Waals surface area contributed by atoms with Gasteiger partial charge in [0.15, 0.2) is 0 Å². The highest BCUT2D eigenvalue weighted by Crippen LogP contribution is 2.34. The second-order valence-electron chi connectivity index (χ2n) is 5.42. The van der Waals surface area contributed by atoms with Gasteiger partial charge in [-0.1, -0.05) is 0 Å². The molecule has 1 saturated heterocycles. The zero-order valence-electron chi connectivity index (χ0n) is 13.6. The van der Waals surface area contributed by atoms with E-state index < -0.39 is 40.1 Å². The van der Waals surface area contributed by atoms with Gasteiger partial charge in [-0.3, -0.25) is 4.90 Å². The van der Waals surface area contributed by atoms with Crippen molar-refractivity contribution < 1.29 is 27.5 Å². The maximum atomic E-state index is 12.1. The van der Waals surface area contributed by atoms with Crippen LogP contribution >= 0.6 is 0 Å². The Morgan fingerprint density at radius 3 is 2.35 bits per heavy atom. The van der Waals surface area contributed by atoms with Crippen LogP contribution < -0.4 is 0 Å². The lowest BCUT2D eigenvalue weighted by Gasteiger charge is -2.27. The van der Waals surface area contributed by atoms with Crippen LogP contribution in [0.25, 0.3) is 0 Å². The third-order valence-electron chi connectivity index (χ3n) is 3.85. The van der Waals surface area contributed by atoms with Gasteiger partial charge in [-0.05, 0) is 6.42 Å². The van der Waals surface area contributed by atoms with Gasteiger partial charge in [0.1, 0.15) is 6.04 Å². The number of ether oxygens (including phenoxy) is 2. The number of amides is 1. The molecule has 23 heavy (non-hydrogen) atoms. The van der Waals surface area contributed by atoms with E-state index in [0.717, 1.165) is 23.4 Å². The molecule has 1 fully saturated rings. The Morgan fingerprint density at radius 2 is 1.91 bits per heavy atom. The van der Waals surface area contributed by atoms with Crippen molar-refractivity contribution in [3.05, 3.63) is 0 Å². The Kier molecular flexibility index (Phi) is 6.35. The number of carbonyl (C=O) groups is 2. The monoisotopic (exact) mass is 347 g/mol. The second kappa shape index (κ2) is 7.61. The van der Waals surface area contributed by atoms with Gasteiger partial charge < -0.3 is 9.47 Å². The molecular weight excluding hydrogens is 326 g/mol. The Hall–Kier alpha value is -1.86. The molecule has 10 heteroatoms. The fourth-order valence-corrected chi connectivity index (χ4v) is 3.86. The van der Waals surface area contributed by atoms with Crippen LogP contribution in [0.15, 0.2) is 0 Å². The molecule has 0 radical (unpaired) electrons. The van der Waals surface area contributed by atoms with Crippen LogP contribution in [0.1, 0.15) is 12.8 Å². The Bertz CT molecular complexity index is 597. The van der Waals surface area contributed by atoms with Crippen LogP contribution in [0.5, 0.6) is 0 Å². The molecule has 130 valence electrons. The molecule has 9 nitrogen and oxygen atoms in total. The van der Waals surface area contributed by atoms with Crippen LogP contribution in [0.3, 0.4) is 0 Å². The largest absolute Gasteiger partial charge is 0.467 e. The van der Waals surface area contributed by atoms with Crippen LogP contribution in [0, 0.1) is 17.2 Å². The number of esters is 1. The van der Waals surface area contributed by atoms with E-state index in [4.69, 9.17) is 10.00 Å². The second-order valence-corrected chi connectivity index (χ2v) is 7.65. The number of nitriles is 1. The molecule has 0 unspecified atom stereocenters. The minimum Gasteiger partial charge on any atom is -0.467 e. The molecule has 1 amide bonds. The predicted molar refractivity (Wildman–Crippen MR) is 79.6 cm³/mol. The number of nitrogens with zero attached hydrogens (tertiary/aromatic N) is 3. The molecule has 0 aromatic carbocycles. The first kappa shape index (κ1) is 19.2. The molecule has 0 bridgehead atoms. The van der Waals surface area contributed by atoms with E-state index in [2.05, 4.69) is 4.74 Å². The standard InChI is InChI=1S/C13H21N3O6S/c1-15(2)23(19,20)8-9-7-10(5-6-14)16(13(18)22-4)11(9)12(17)21-3/h9-11H,5,7-8H2,1-4H3/t9-,10-,11-/m1/s1. The molecular formula is C13H21N3O6S. The molecule has 1 aliphatic heterocycles. The maximum absolute atomic E-state index is 12.1. The van der Waals surface area contributed by atoms with Gasteiger partial charge in [-0.25, -0.2) is 22.3 Å². The van der Waals surface area contributed by atoms with Crippen molar-refractivity contribution in [3.63, 3.8) is 0 Å². The zero-order chi connectivity index (χ0) is 17.8. The number of hydrogen-bond acceptors (Lipinski definition) is 7. The lowest BCUT2D eigenvalue weighted by Crippen LogP contribution is -2.48. The van der Waals surface area contributed by atoms with E-state index >= 15 is 0 Å².